The van der Waals surface area contributed by atoms with Crippen LogP contribution in [0.3, 0.4) is 0 Å². The van der Waals surface area contributed by atoms with Gasteiger partial charge in [0.2, 0.25) is 0 Å². The molecule has 1 aromatic carbocycles. The molecule has 0 aromatic heterocycles. The predicted molar refractivity (Wildman–Crippen MR) is 69.1 cm³/mol. The maximum atomic E-state index is 13.2. The first-order chi connectivity index (χ1) is 9.15. The molecule has 4 nitrogen and oxygen atoms in total. The van der Waals surface area contributed by atoms with E-state index < -0.39 is 11.8 Å². The summed E-state index contributed by atoms with van der Waals surface area (Å²) in [6, 6.07) is 3.54. The van der Waals surface area contributed by atoms with E-state index in [-0.39, 0.29) is 11.3 Å². The average Bonchev–Trinajstić information content (AvgIpc) is 2.87. The summed E-state index contributed by atoms with van der Waals surface area (Å²) in [5, 5.41) is 8.82. The lowest BCUT2D eigenvalue weighted by Crippen LogP contribution is -2.21. The third-order valence-corrected chi connectivity index (χ3v) is 3.20. The smallest absolute Gasteiger partial charge is 0.335 e. The van der Waals surface area contributed by atoms with Crippen LogP contribution in [-0.2, 0) is 0 Å². The first kappa shape index (κ1) is 13.8. The zero-order chi connectivity index (χ0) is 13.7. The highest BCUT2D eigenvalue weighted by atomic mass is 19.1. The van der Waals surface area contributed by atoms with E-state index in [1.807, 2.05) is 0 Å². The highest BCUT2D eigenvalue weighted by Gasteiger charge is 2.11. The van der Waals surface area contributed by atoms with Gasteiger partial charge in [-0.15, -0.1) is 0 Å². The maximum absolute atomic E-state index is 13.2. The maximum Gasteiger partial charge on any atom is 0.335 e. The molecule has 0 aliphatic carbocycles. The molecule has 1 saturated heterocycles. The van der Waals surface area contributed by atoms with E-state index >= 15 is 0 Å². The van der Waals surface area contributed by atoms with Gasteiger partial charge in [-0.1, -0.05) is 0 Å². The van der Waals surface area contributed by atoms with Crippen LogP contribution in [-0.4, -0.2) is 42.2 Å². The summed E-state index contributed by atoms with van der Waals surface area (Å²) < 4.78 is 18.6. The number of likely N-dealkylation sites (tertiary alicyclic amines) is 1. The number of carboxylic acid groups (broad SMARTS) is 1. The summed E-state index contributed by atoms with van der Waals surface area (Å²) in [7, 11) is 0. The van der Waals surface area contributed by atoms with Crippen molar-refractivity contribution in [2.45, 2.75) is 19.3 Å². The molecule has 1 aromatic rings. The summed E-state index contributed by atoms with van der Waals surface area (Å²) in [6.07, 6.45) is 3.37. The molecule has 0 amide bonds. The Kier molecular flexibility index (Phi) is 4.74. The van der Waals surface area contributed by atoms with Gasteiger partial charge in [-0.05, 0) is 44.5 Å². The fourth-order valence-corrected chi connectivity index (χ4v) is 2.25. The third-order valence-electron chi connectivity index (χ3n) is 3.20. The molecule has 5 heteroatoms. The molecule has 1 N–H and O–H groups in total. The Morgan fingerprint density at radius 3 is 2.74 bits per heavy atom. The van der Waals surface area contributed by atoms with Crippen molar-refractivity contribution in [1.29, 1.82) is 0 Å². The molecule has 104 valence electrons. The molecule has 0 unspecified atom stereocenters. The number of rotatable bonds is 6. The Labute approximate surface area is 111 Å². The summed E-state index contributed by atoms with van der Waals surface area (Å²) in [5.41, 5.74) is -0.0884. The van der Waals surface area contributed by atoms with E-state index in [0.29, 0.717) is 6.61 Å². The van der Waals surface area contributed by atoms with Gasteiger partial charge in [0.15, 0.2) is 0 Å². The van der Waals surface area contributed by atoms with Crippen molar-refractivity contribution >= 4 is 5.97 Å². The number of nitrogens with zero attached hydrogens (tertiary/aromatic N) is 1. The van der Waals surface area contributed by atoms with Gasteiger partial charge in [0.1, 0.15) is 11.6 Å². The van der Waals surface area contributed by atoms with Crippen LogP contribution in [0.4, 0.5) is 4.39 Å². The Morgan fingerprint density at radius 2 is 2.05 bits per heavy atom. The van der Waals surface area contributed by atoms with E-state index in [4.69, 9.17) is 9.84 Å². The number of hydrogen-bond donors (Lipinski definition) is 1. The summed E-state index contributed by atoms with van der Waals surface area (Å²) in [5.74, 6) is -1.46. The van der Waals surface area contributed by atoms with Crippen molar-refractivity contribution in [3.8, 4) is 5.75 Å². The quantitative estimate of drug-likeness (QED) is 0.804. The molecule has 0 radical (unpaired) electrons. The molecule has 19 heavy (non-hydrogen) atoms. The second-order valence-corrected chi connectivity index (χ2v) is 4.73. The monoisotopic (exact) mass is 267 g/mol. The lowest BCUT2D eigenvalue weighted by Gasteiger charge is -2.14. The van der Waals surface area contributed by atoms with Gasteiger partial charge in [-0.2, -0.15) is 0 Å². The highest BCUT2D eigenvalue weighted by Crippen LogP contribution is 2.17. The van der Waals surface area contributed by atoms with E-state index in [1.54, 1.807) is 0 Å². The molecular formula is C14H18FNO3. The number of ether oxygens (including phenoxy) is 1. The van der Waals surface area contributed by atoms with E-state index in [0.717, 1.165) is 32.1 Å². The van der Waals surface area contributed by atoms with Crippen LogP contribution in [0.1, 0.15) is 29.6 Å². The second-order valence-electron chi connectivity index (χ2n) is 4.73. The zero-order valence-electron chi connectivity index (χ0n) is 10.8. The topological polar surface area (TPSA) is 49.8 Å². The summed E-state index contributed by atoms with van der Waals surface area (Å²) >= 11 is 0. The number of carboxylic acids is 1. The Hall–Kier alpha value is -1.62. The van der Waals surface area contributed by atoms with Gasteiger partial charge in [0.05, 0.1) is 12.2 Å². The van der Waals surface area contributed by atoms with Crippen molar-refractivity contribution in [3.63, 3.8) is 0 Å². The van der Waals surface area contributed by atoms with Crippen molar-refractivity contribution in [3.05, 3.63) is 29.6 Å². The van der Waals surface area contributed by atoms with Gasteiger partial charge >= 0.3 is 5.97 Å². The van der Waals surface area contributed by atoms with Crippen LogP contribution in [0.15, 0.2) is 18.2 Å². The van der Waals surface area contributed by atoms with Gasteiger partial charge in [-0.3, -0.25) is 0 Å². The van der Waals surface area contributed by atoms with E-state index in [9.17, 15) is 9.18 Å². The van der Waals surface area contributed by atoms with Crippen LogP contribution >= 0.6 is 0 Å². The molecular weight excluding hydrogens is 249 g/mol. The second kappa shape index (κ2) is 6.52. The SMILES string of the molecule is O=C(O)c1cc(F)cc(OCCCN2CCCC2)c1. The Bertz CT molecular complexity index is 444. The number of halogens is 1. The van der Waals surface area contributed by atoms with Crippen LogP contribution in [0.25, 0.3) is 0 Å². The van der Waals surface area contributed by atoms with Crippen molar-refractivity contribution in [2.75, 3.05) is 26.2 Å². The predicted octanol–water partition coefficient (Wildman–Crippen LogP) is 2.39. The van der Waals surface area contributed by atoms with Crippen molar-refractivity contribution < 1.29 is 19.0 Å². The van der Waals surface area contributed by atoms with E-state index in [1.165, 1.54) is 25.0 Å². The molecule has 1 heterocycles. The fourth-order valence-electron chi connectivity index (χ4n) is 2.25. The number of carbonyl (C=O) groups is 1. The molecule has 1 aliphatic rings. The van der Waals surface area contributed by atoms with Gasteiger partial charge in [0, 0.05) is 12.6 Å². The van der Waals surface area contributed by atoms with Crippen LogP contribution in [0.5, 0.6) is 5.75 Å². The Balaban J connectivity index is 1.80. The van der Waals surface area contributed by atoms with Gasteiger partial charge in [0.25, 0.3) is 0 Å². The minimum Gasteiger partial charge on any atom is -0.493 e. The summed E-state index contributed by atoms with van der Waals surface area (Å²) in [4.78, 5) is 13.2. The van der Waals surface area contributed by atoms with Gasteiger partial charge < -0.3 is 14.7 Å². The van der Waals surface area contributed by atoms with Crippen LogP contribution in [0.2, 0.25) is 0 Å². The van der Waals surface area contributed by atoms with Crippen LogP contribution in [0, 0.1) is 5.82 Å². The molecule has 0 bridgehead atoms. The van der Waals surface area contributed by atoms with E-state index in [2.05, 4.69) is 4.90 Å². The number of hydrogen-bond acceptors (Lipinski definition) is 3. The molecule has 1 aliphatic heterocycles. The first-order valence-corrected chi connectivity index (χ1v) is 6.54. The molecule has 0 saturated carbocycles. The first-order valence-electron chi connectivity index (χ1n) is 6.54. The third kappa shape index (κ3) is 4.21. The number of aromatic carboxylic acids is 1. The molecule has 2 rings (SSSR count). The van der Waals surface area contributed by atoms with Crippen molar-refractivity contribution in [1.82, 2.24) is 4.90 Å². The number of benzene rings is 1. The van der Waals surface area contributed by atoms with Crippen LogP contribution < -0.4 is 4.74 Å². The minimum atomic E-state index is -1.15. The van der Waals surface area contributed by atoms with Crippen molar-refractivity contribution in [2.24, 2.45) is 0 Å². The fraction of sp³-hybridized carbons (Fsp3) is 0.500. The minimum absolute atomic E-state index is 0.0884. The standard InChI is InChI=1S/C14H18FNO3/c15-12-8-11(14(17)18)9-13(10-12)19-7-3-6-16-4-1-2-5-16/h8-10H,1-7H2,(H,17,18). The average molecular weight is 267 g/mol. The normalized spacial score (nSPS) is 15.6. The molecule has 0 spiro atoms. The largest absolute Gasteiger partial charge is 0.493 e. The highest BCUT2D eigenvalue weighted by molar-refractivity contribution is 5.88. The lowest BCUT2D eigenvalue weighted by molar-refractivity contribution is 0.0695. The Morgan fingerprint density at radius 1 is 1.32 bits per heavy atom. The molecule has 0 atom stereocenters. The zero-order valence-corrected chi connectivity index (χ0v) is 10.8. The summed E-state index contributed by atoms with van der Waals surface area (Å²) in [6.45, 7) is 3.73. The molecule has 1 fully saturated rings. The van der Waals surface area contributed by atoms with Gasteiger partial charge in [-0.25, -0.2) is 9.18 Å². The lowest BCUT2D eigenvalue weighted by atomic mass is 10.2.